The summed E-state index contributed by atoms with van der Waals surface area (Å²) >= 11 is 4.82. The average molecular weight is 284 g/mol. The third-order valence-electron chi connectivity index (χ3n) is 2.01. The highest BCUT2D eigenvalue weighted by atomic mass is 32.1. The van der Waals surface area contributed by atoms with E-state index in [1.807, 2.05) is 0 Å². The molecule has 0 radical (unpaired) electrons. The minimum absolute atomic E-state index is 0.0256. The molecule has 1 aromatic rings. The number of rotatable bonds is 4. The number of ether oxygens (including phenoxy) is 1. The molecule has 0 aliphatic carbocycles. The van der Waals surface area contributed by atoms with Gasteiger partial charge < -0.3 is 10.1 Å². The van der Waals surface area contributed by atoms with Crippen LogP contribution in [0, 0.1) is 5.82 Å². The Kier molecular flexibility index (Phi) is 5.87. The fourth-order valence-corrected chi connectivity index (χ4v) is 1.38. The zero-order valence-electron chi connectivity index (χ0n) is 10.2. The van der Waals surface area contributed by atoms with Gasteiger partial charge >= 0.3 is 5.97 Å². The molecule has 0 saturated carbocycles. The number of amides is 1. The molecule has 0 bridgehead atoms. The summed E-state index contributed by atoms with van der Waals surface area (Å²) in [5.74, 6) is -1.55. The minimum atomic E-state index is -0.555. The summed E-state index contributed by atoms with van der Waals surface area (Å²) < 4.78 is 17.6. The van der Waals surface area contributed by atoms with Crippen LogP contribution in [0.4, 0.5) is 4.39 Å². The molecule has 1 amide bonds. The number of thiocarbonyl (C=S) groups is 1. The number of hydrogen-bond acceptors (Lipinski definition) is 4. The lowest BCUT2D eigenvalue weighted by molar-refractivity contribution is -0.141. The predicted molar refractivity (Wildman–Crippen MR) is 71.1 cm³/mol. The lowest BCUT2D eigenvalue weighted by Gasteiger charge is -2.09. The van der Waals surface area contributed by atoms with Crippen LogP contribution in [0.5, 0.6) is 0 Å². The maximum Gasteiger partial charge on any atom is 0.325 e. The molecule has 1 rings (SSSR count). The maximum absolute atomic E-state index is 12.9. The van der Waals surface area contributed by atoms with E-state index in [0.717, 1.165) is 6.07 Å². The first kappa shape index (κ1) is 15.0. The molecule has 0 heterocycles. The van der Waals surface area contributed by atoms with Crippen molar-refractivity contribution < 1.29 is 18.7 Å². The second-order valence-corrected chi connectivity index (χ2v) is 3.86. The molecule has 102 valence electrons. The van der Waals surface area contributed by atoms with Gasteiger partial charge in [0.1, 0.15) is 12.4 Å². The van der Waals surface area contributed by atoms with Crippen LogP contribution in [0.25, 0.3) is 0 Å². The van der Waals surface area contributed by atoms with Crippen molar-refractivity contribution in [3.63, 3.8) is 0 Å². The van der Waals surface area contributed by atoms with Gasteiger partial charge in [0.15, 0.2) is 5.11 Å². The van der Waals surface area contributed by atoms with Crippen LogP contribution >= 0.6 is 12.2 Å². The Morgan fingerprint density at radius 2 is 2.16 bits per heavy atom. The zero-order chi connectivity index (χ0) is 14.3. The molecule has 2 N–H and O–H groups in total. The second kappa shape index (κ2) is 7.42. The normalized spacial score (nSPS) is 9.58. The van der Waals surface area contributed by atoms with Crippen LogP contribution in [0.2, 0.25) is 0 Å². The summed E-state index contributed by atoms with van der Waals surface area (Å²) in [7, 11) is 0. The molecule has 0 atom stereocenters. The molecule has 5 nitrogen and oxygen atoms in total. The first-order valence-corrected chi connectivity index (χ1v) is 5.94. The van der Waals surface area contributed by atoms with E-state index in [0.29, 0.717) is 0 Å². The summed E-state index contributed by atoms with van der Waals surface area (Å²) in [6.45, 7) is 1.81. The number of nitrogens with one attached hydrogen (secondary N) is 2. The molecule has 1 aromatic carbocycles. The van der Waals surface area contributed by atoms with E-state index in [-0.39, 0.29) is 23.8 Å². The van der Waals surface area contributed by atoms with Crippen LogP contribution < -0.4 is 10.6 Å². The molecular weight excluding hydrogens is 271 g/mol. The molecule has 0 saturated heterocycles. The van der Waals surface area contributed by atoms with Crippen molar-refractivity contribution in [1.29, 1.82) is 0 Å². The van der Waals surface area contributed by atoms with Gasteiger partial charge in [-0.15, -0.1) is 0 Å². The van der Waals surface area contributed by atoms with Gasteiger partial charge in [0, 0.05) is 5.56 Å². The number of benzene rings is 1. The smallest absolute Gasteiger partial charge is 0.325 e. The monoisotopic (exact) mass is 284 g/mol. The average Bonchev–Trinajstić information content (AvgIpc) is 2.36. The number of halogens is 1. The lowest BCUT2D eigenvalue weighted by Crippen LogP contribution is -2.41. The minimum Gasteiger partial charge on any atom is -0.465 e. The molecule has 19 heavy (non-hydrogen) atoms. The van der Waals surface area contributed by atoms with Crippen molar-refractivity contribution in [2.45, 2.75) is 6.92 Å². The first-order valence-electron chi connectivity index (χ1n) is 5.53. The Morgan fingerprint density at radius 1 is 1.42 bits per heavy atom. The fraction of sp³-hybridized carbons (Fsp3) is 0.250. The zero-order valence-corrected chi connectivity index (χ0v) is 11.1. The topological polar surface area (TPSA) is 67.4 Å². The SMILES string of the molecule is CCOC(=O)CNC(=S)NC(=O)c1cccc(F)c1. The quantitative estimate of drug-likeness (QED) is 0.637. The van der Waals surface area contributed by atoms with Gasteiger partial charge in [-0.3, -0.25) is 14.9 Å². The largest absolute Gasteiger partial charge is 0.465 e. The van der Waals surface area contributed by atoms with E-state index in [4.69, 9.17) is 12.2 Å². The Bertz CT molecular complexity index is 494. The summed E-state index contributed by atoms with van der Waals surface area (Å²) in [4.78, 5) is 22.7. The van der Waals surface area contributed by atoms with Crippen LogP contribution in [-0.2, 0) is 9.53 Å². The Morgan fingerprint density at radius 3 is 2.79 bits per heavy atom. The van der Waals surface area contributed by atoms with Gasteiger partial charge in [-0.25, -0.2) is 4.39 Å². The molecule has 0 fully saturated rings. The molecule has 0 spiro atoms. The van der Waals surface area contributed by atoms with Crippen molar-refractivity contribution in [3.05, 3.63) is 35.6 Å². The number of esters is 1. The van der Waals surface area contributed by atoms with Crippen molar-refractivity contribution >= 4 is 29.2 Å². The van der Waals surface area contributed by atoms with Crippen LogP contribution in [-0.4, -0.2) is 30.1 Å². The van der Waals surface area contributed by atoms with E-state index in [1.165, 1.54) is 18.2 Å². The third kappa shape index (κ3) is 5.43. The highest BCUT2D eigenvalue weighted by molar-refractivity contribution is 7.80. The van der Waals surface area contributed by atoms with E-state index in [1.54, 1.807) is 6.92 Å². The summed E-state index contributed by atoms with van der Waals surface area (Å²) in [6, 6.07) is 5.18. The van der Waals surface area contributed by atoms with Gasteiger partial charge in [-0.2, -0.15) is 0 Å². The third-order valence-corrected chi connectivity index (χ3v) is 2.26. The van der Waals surface area contributed by atoms with Crippen LogP contribution in [0.3, 0.4) is 0 Å². The Balaban J connectivity index is 2.44. The highest BCUT2D eigenvalue weighted by Crippen LogP contribution is 2.02. The molecule has 7 heteroatoms. The lowest BCUT2D eigenvalue weighted by atomic mass is 10.2. The molecule has 0 unspecified atom stereocenters. The first-order chi connectivity index (χ1) is 9.02. The van der Waals surface area contributed by atoms with Crippen molar-refractivity contribution in [3.8, 4) is 0 Å². The van der Waals surface area contributed by atoms with Crippen LogP contribution in [0.15, 0.2) is 24.3 Å². The van der Waals surface area contributed by atoms with E-state index >= 15 is 0 Å². The van der Waals surface area contributed by atoms with Crippen molar-refractivity contribution in [2.24, 2.45) is 0 Å². The number of carbonyl (C=O) groups is 2. The fourth-order valence-electron chi connectivity index (χ4n) is 1.21. The summed E-state index contributed by atoms with van der Waals surface area (Å²) in [6.07, 6.45) is 0. The summed E-state index contributed by atoms with van der Waals surface area (Å²) in [5.41, 5.74) is 0.139. The second-order valence-electron chi connectivity index (χ2n) is 3.45. The molecule has 0 aliphatic rings. The van der Waals surface area contributed by atoms with Gasteiger partial charge in [-0.1, -0.05) is 6.07 Å². The van der Waals surface area contributed by atoms with Gasteiger partial charge in [-0.05, 0) is 37.3 Å². The Labute approximate surface area is 115 Å². The van der Waals surface area contributed by atoms with Gasteiger partial charge in [0.2, 0.25) is 0 Å². The van der Waals surface area contributed by atoms with E-state index in [2.05, 4.69) is 15.4 Å². The summed E-state index contributed by atoms with van der Waals surface area (Å²) in [5, 5.41) is 4.82. The van der Waals surface area contributed by atoms with Gasteiger partial charge in [0.05, 0.1) is 6.61 Å². The molecule has 0 aromatic heterocycles. The van der Waals surface area contributed by atoms with Gasteiger partial charge in [0.25, 0.3) is 5.91 Å². The van der Waals surface area contributed by atoms with Crippen molar-refractivity contribution in [2.75, 3.05) is 13.2 Å². The standard InChI is InChI=1S/C12H13FN2O3S/c1-2-18-10(16)7-14-12(19)15-11(17)8-4-3-5-9(13)6-8/h3-6H,2,7H2,1H3,(H2,14,15,17,19). The Hall–Kier alpha value is -2.02. The van der Waals surface area contributed by atoms with Crippen LogP contribution in [0.1, 0.15) is 17.3 Å². The predicted octanol–water partition coefficient (Wildman–Crippen LogP) is 0.993. The molecular formula is C12H13FN2O3S. The van der Waals surface area contributed by atoms with E-state index in [9.17, 15) is 14.0 Å². The van der Waals surface area contributed by atoms with E-state index < -0.39 is 17.7 Å². The maximum atomic E-state index is 12.9. The van der Waals surface area contributed by atoms with Crippen molar-refractivity contribution in [1.82, 2.24) is 10.6 Å². The highest BCUT2D eigenvalue weighted by Gasteiger charge is 2.09. The molecule has 0 aliphatic heterocycles. The number of carbonyl (C=O) groups excluding carboxylic acids is 2. The number of hydrogen-bond donors (Lipinski definition) is 2.